The van der Waals surface area contributed by atoms with Gasteiger partial charge in [-0.3, -0.25) is 4.79 Å². The highest BCUT2D eigenvalue weighted by Crippen LogP contribution is 2.61. The Morgan fingerprint density at radius 2 is 1.77 bits per heavy atom. The summed E-state index contributed by atoms with van der Waals surface area (Å²) in [6, 6.07) is 1.35. The molecule has 2 saturated carbocycles. The van der Waals surface area contributed by atoms with Gasteiger partial charge in [-0.2, -0.15) is 0 Å². The van der Waals surface area contributed by atoms with Crippen LogP contribution in [0.5, 0.6) is 17.2 Å². The molecule has 4 nitrogen and oxygen atoms in total. The Labute approximate surface area is 155 Å². The molecule has 0 aliphatic heterocycles. The third-order valence-corrected chi connectivity index (χ3v) is 7.06. The van der Waals surface area contributed by atoms with Crippen molar-refractivity contribution in [2.75, 3.05) is 0 Å². The fourth-order valence-electron chi connectivity index (χ4n) is 5.70. The summed E-state index contributed by atoms with van der Waals surface area (Å²) in [4.78, 5) is 11.2. The lowest BCUT2D eigenvalue weighted by molar-refractivity contribution is -0.00534. The van der Waals surface area contributed by atoms with Gasteiger partial charge >= 0.3 is 0 Å². The molecular formula is C22H30O4. The van der Waals surface area contributed by atoms with Gasteiger partial charge in [0.05, 0.1) is 0 Å². The molecule has 0 aromatic heterocycles. The number of hydrogen-bond donors (Lipinski definition) is 3. The molecule has 1 aromatic carbocycles. The first-order valence-corrected chi connectivity index (χ1v) is 9.57. The van der Waals surface area contributed by atoms with Crippen molar-refractivity contribution in [1.82, 2.24) is 0 Å². The van der Waals surface area contributed by atoms with Crippen LogP contribution in [0.2, 0.25) is 0 Å². The minimum Gasteiger partial charge on any atom is -0.506 e. The highest BCUT2D eigenvalue weighted by molar-refractivity contribution is 5.88. The molecule has 3 atom stereocenters. The third kappa shape index (κ3) is 2.80. The predicted octanol–water partition coefficient (Wildman–Crippen LogP) is 5.26. The molecule has 142 valence electrons. The molecule has 0 spiro atoms. The number of aromatic hydroxyl groups is 3. The maximum Gasteiger partial charge on any atom is 0.171 e. The molecule has 2 aliphatic carbocycles. The number of benzene rings is 1. The van der Waals surface area contributed by atoms with Gasteiger partial charge in [0.2, 0.25) is 0 Å². The zero-order valence-corrected chi connectivity index (χ0v) is 16.2. The molecule has 2 aliphatic rings. The molecule has 0 saturated heterocycles. The number of phenols is 3. The Morgan fingerprint density at radius 3 is 2.42 bits per heavy atom. The molecule has 0 heterocycles. The monoisotopic (exact) mass is 358 g/mol. The van der Waals surface area contributed by atoms with Crippen molar-refractivity contribution in [3.63, 3.8) is 0 Å². The van der Waals surface area contributed by atoms with Crippen LogP contribution in [0.3, 0.4) is 0 Å². The maximum absolute atomic E-state index is 11.2. The second kappa shape index (κ2) is 6.33. The van der Waals surface area contributed by atoms with E-state index < -0.39 is 5.75 Å². The number of carbonyl (C=O) groups excluding carboxylic acids is 1. The van der Waals surface area contributed by atoms with Crippen LogP contribution in [0.4, 0.5) is 0 Å². The first-order chi connectivity index (χ1) is 12.1. The van der Waals surface area contributed by atoms with E-state index in [0.717, 1.165) is 12.8 Å². The van der Waals surface area contributed by atoms with Crippen LogP contribution >= 0.6 is 0 Å². The van der Waals surface area contributed by atoms with E-state index in [4.69, 9.17) is 0 Å². The van der Waals surface area contributed by atoms with Crippen LogP contribution in [0.1, 0.15) is 75.7 Å². The summed E-state index contributed by atoms with van der Waals surface area (Å²) in [5.41, 5.74) is 1.74. The predicted molar refractivity (Wildman–Crippen MR) is 102 cm³/mol. The summed E-state index contributed by atoms with van der Waals surface area (Å²) >= 11 is 0. The average Bonchev–Trinajstić information content (AvgIpc) is 2.55. The zero-order valence-electron chi connectivity index (χ0n) is 16.2. The summed E-state index contributed by atoms with van der Waals surface area (Å²) in [7, 11) is 0. The highest BCUT2D eigenvalue weighted by Gasteiger charge is 2.51. The van der Waals surface area contributed by atoms with Gasteiger partial charge in [-0.1, -0.05) is 45.8 Å². The summed E-state index contributed by atoms with van der Waals surface area (Å²) in [6.45, 7) is 9.26. The summed E-state index contributed by atoms with van der Waals surface area (Å²) in [5.74, 6) is -0.273. The molecule has 26 heavy (non-hydrogen) atoms. The minimum atomic E-state index is -0.570. The van der Waals surface area contributed by atoms with Gasteiger partial charge < -0.3 is 15.3 Å². The van der Waals surface area contributed by atoms with Crippen molar-refractivity contribution in [1.29, 1.82) is 0 Å². The maximum atomic E-state index is 11.2. The minimum absolute atomic E-state index is 0.0424. The molecule has 0 amide bonds. The van der Waals surface area contributed by atoms with Crippen LogP contribution in [0, 0.1) is 22.7 Å². The van der Waals surface area contributed by atoms with Gasteiger partial charge in [0.25, 0.3) is 0 Å². The average molecular weight is 358 g/mol. The number of fused-ring (bicyclic) bond motifs is 1. The lowest BCUT2D eigenvalue weighted by atomic mass is 9.48. The largest absolute Gasteiger partial charge is 0.506 e. The van der Waals surface area contributed by atoms with E-state index in [0.29, 0.717) is 23.7 Å². The van der Waals surface area contributed by atoms with Crippen LogP contribution in [0.15, 0.2) is 11.6 Å². The first kappa shape index (κ1) is 18.8. The van der Waals surface area contributed by atoms with E-state index in [1.807, 2.05) is 6.08 Å². The second-order valence-electron chi connectivity index (χ2n) is 9.10. The van der Waals surface area contributed by atoms with Crippen molar-refractivity contribution >= 4 is 12.4 Å². The van der Waals surface area contributed by atoms with Crippen LogP contribution in [0.25, 0.3) is 6.08 Å². The standard InChI is InChI=1S/C22H30O4/c1-13-6-7-18-21(2,3)8-5-9-22(18,4)16(13)10-14-11-17(24)20(26)15(12-23)19(14)25/h10-13,18,24-26H,5-9H2,1-4H3/b16-10+/t13-,18-,22+/m0/s1. The van der Waals surface area contributed by atoms with Crippen LogP contribution in [-0.4, -0.2) is 21.6 Å². The third-order valence-electron chi connectivity index (χ3n) is 7.06. The number of phenolic OH excluding ortho intramolecular Hbond substituents is 3. The molecule has 0 unspecified atom stereocenters. The number of rotatable bonds is 2. The van der Waals surface area contributed by atoms with E-state index in [2.05, 4.69) is 27.7 Å². The van der Waals surface area contributed by atoms with E-state index in [1.54, 1.807) is 0 Å². The lowest BCUT2D eigenvalue weighted by Gasteiger charge is -2.56. The zero-order chi connectivity index (χ0) is 19.3. The molecule has 0 radical (unpaired) electrons. The number of aldehydes is 1. The van der Waals surface area contributed by atoms with Gasteiger partial charge in [-0.05, 0) is 54.4 Å². The molecule has 0 bridgehead atoms. The number of carbonyl (C=O) groups is 1. The van der Waals surface area contributed by atoms with Crippen LogP contribution < -0.4 is 0 Å². The van der Waals surface area contributed by atoms with E-state index in [1.165, 1.54) is 30.9 Å². The van der Waals surface area contributed by atoms with Crippen molar-refractivity contribution in [3.05, 3.63) is 22.8 Å². The number of hydrogen-bond acceptors (Lipinski definition) is 4. The Morgan fingerprint density at radius 1 is 1.08 bits per heavy atom. The normalized spacial score (nSPS) is 32.2. The van der Waals surface area contributed by atoms with Gasteiger partial charge in [0.1, 0.15) is 11.3 Å². The van der Waals surface area contributed by atoms with E-state index >= 15 is 0 Å². The smallest absolute Gasteiger partial charge is 0.171 e. The number of allylic oxidation sites excluding steroid dienone is 1. The van der Waals surface area contributed by atoms with Gasteiger partial charge in [0, 0.05) is 5.56 Å². The van der Waals surface area contributed by atoms with Crippen molar-refractivity contribution in [2.24, 2.45) is 22.7 Å². The molecular weight excluding hydrogens is 328 g/mol. The Kier molecular flexibility index (Phi) is 4.58. The molecule has 4 heteroatoms. The molecule has 1 aromatic rings. The Bertz CT molecular complexity index is 762. The highest BCUT2D eigenvalue weighted by atomic mass is 16.3. The van der Waals surface area contributed by atoms with Crippen molar-refractivity contribution in [3.8, 4) is 17.2 Å². The van der Waals surface area contributed by atoms with Gasteiger partial charge in [-0.25, -0.2) is 0 Å². The fraction of sp³-hybridized carbons (Fsp3) is 0.591. The summed E-state index contributed by atoms with van der Waals surface area (Å²) in [5, 5.41) is 30.2. The quantitative estimate of drug-likeness (QED) is 0.383. The van der Waals surface area contributed by atoms with Gasteiger partial charge in [-0.15, -0.1) is 0 Å². The fourth-order valence-corrected chi connectivity index (χ4v) is 5.70. The van der Waals surface area contributed by atoms with Crippen LogP contribution in [-0.2, 0) is 0 Å². The first-order valence-electron chi connectivity index (χ1n) is 9.57. The molecule has 3 N–H and O–H groups in total. The molecule has 3 rings (SSSR count). The lowest BCUT2D eigenvalue weighted by Crippen LogP contribution is -2.47. The van der Waals surface area contributed by atoms with E-state index in [9.17, 15) is 20.1 Å². The van der Waals surface area contributed by atoms with Gasteiger partial charge in [0.15, 0.2) is 17.8 Å². The van der Waals surface area contributed by atoms with Crippen molar-refractivity contribution in [2.45, 2.75) is 59.8 Å². The topological polar surface area (TPSA) is 77.8 Å². The summed E-state index contributed by atoms with van der Waals surface area (Å²) in [6.07, 6.45) is 8.15. The Hall–Kier alpha value is -1.97. The second-order valence-corrected chi connectivity index (χ2v) is 9.10. The van der Waals surface area contributed by atoms with E-state index in [-0.39, 0.29) is 27.9 Å². The SMILES string of the molecule is C[C@H]1CC[C@H]2C(C)(C)CCC[C@]2(C)/C1=C/c1cc(O)c(O)c(C=O)c1O. The van der Waals surface area contributed by atoms with Crippen molar-refractivity contribution < 1.29 is 20.1 Å². The summed E-state index contributed by atoms with van der Waals surface area (Å²) < 4.78 is 0. The molecule has 2 fully saturated rings. The Balaban J connectivity index is 2.15.